The van der Waals surface area contributed by atoms with Crippen LogP contribution in [-0.4, -0.2) is 61.2 Å². The molecule has 1 aromatic heterocycles. The van der Waals surface area contributed by atoms with Gasteiger partial charge >= 0.3 is 0 Å². The van der Waals surface area contributed by atoms with Gasteiger partial charge in [-0.15, -0.1) is 0 Å². The predicted octanol–water partition coefficient (Wildman–Crippen LogP) is 0.748. The average Bonchev–Trinajstić information content (AvgIpc) is 3.02. The maximum Gasteiger partial charge on any atom is 0.277 e. The summed E-state index contributed by atoms with van der Waals surface area (Å²) in [5.41, 5.74) is 0.330. The third-order valence-electron chi connectivity index (χ3n) is 5.54. The quantitative estimate of drug-likeness (QED) is 0.712. The summed E-state index contributed by atoms with van der Waals surface area (Å²) in [7, 11) is 3.08. The maximum atomic E-state index is 12.7. The van der Waals surface area contributed by atoms with Gasteiger partial charge in [0.25, 0.3) is 11.5 Å². The molecule has 1 saturated heterocycles. The van der Waals surface area contributed by atoms with E-state index in [9.17, 15) is 9.59 Å². The number of benzene rings is 1. The Balaban J connectivity index is 1.78. The molecule has 29 heavy (non-hydrogen) atoms. The minimum atomic E-state index is -0.222. The summed E-state index contributed by atoms with van der Waals surface area (Å²) < 4.78 is 10.6. The first-order chi connectivity index (χ1) is 14.0. The van der Waals surface area contributed by atoms with Crippen LogP contribution in [0.1, 0.15) is 38.4 Å². The molecule has 2 aromatic rings. The molecule has 1 fully saturated rings. The molecule has 8 heteroatoms. The van der Waals surface area contributed by atoms with Gasteiger partial charge in [0.05, 0.1) is 31.7 Å². The number of carbonyl (C=O) groups excluding carboxylic acids is 1. The normalized spacial score (nSPS) is 15.8. The second-order valence-corrected chi connectivity index (χ2v) is 7.49. The van der Waals surface area contributed by atoms with Crippen LogP contribution in [-0.2, 0) is 11.3 Å². The molecular formula is C21H31N4O4+. The minimum absolute atomic E-state index is 0.179. The zero-order valence-corrected chi connectivity index (χ0v) is 17.5. The van der Waals surface area contributed by atoms with E-state index >= 15 is 0 Å². The van der Waals surface area contributed by atoms with Crippen LogP contribution in [0.4, 0.5) is 0 Å². The highest BCUT2D eigenvalue weighted by molar-refractivity contribution is 5.81. The Hall–Kier alpha value is -2.61. The van der Waals surface area contributed by atoms with E-state index in [0.717, 1.165) is 37.4 Å². The fourth-order valence-corrected chi connectivity index (χ4v) is 3.79. The Morgan fingerprint density at radius 3 is 2.41 bits per heavy atom. The largest absolute Gasteiger partial charge is 0.493 e. The number of H-pyrrole nitrogens is 1. The van der Waals surface area contributed by atoms with E-state index in [1.54, 1.807) is 19.2 Å². The highest BCUT2D eigenvalue weighted by atomic mass is 16.5. The molecule has 3 rings (SSSR count). The summed E-state index contributed by atoms with van der Waals surface area (Å²) in [6.45, 7) is 5.40. The van der Waals surface area contributed by atoms with Crippen molar-refractivity contribution in [2.45, 2.75) is 39.2 Å². The number of amides is 1. The van der Waals surface area contributed by atoms with Crippen LogP contribution in [0.3, 0.4) is 0 Å². The van der Waals surface area contributed by atoms with E-state index < -0.39 is 0 Å². The number of methoxy groups -OCH3 is 2. The molecule has 1 atom stereocenters. The van der Waals surface area contributed by atoms with Crippen molar-refractivity contribution in [1.29, 1.82) is 0 Å². The van der Waals surface area contributed by atoms with Crippen LogP contribution >= 0.6 is 0 Å². The van der Waals surface area contributed by atoms with Crippen LogP contribution in [0.5, 0.6) is 11.5 Å². The van der Waals surface area contributed by atoms with Gasteiger partial charge in [0.1, 0.15) is 6.54 Å². The van der Waals surface area contributed by atoms with Gasteiger partial charge in [0.15, 0.2) is 23.9 Å². The lowest BCUT2D eigenvalue weighted by atomic mass is 10.2. The molecule has 0 saturated carbocycles. The molecular weight excluding hydrogens is 372 g/mol. The third kappa shape index (κ3) is 5.06. The zero-order chi connectivity index (χ0) is 20.8. The lowest BCUT2D eigenvalue weighted by molar-refractivity contribution is -0.905. The molecule has 1 unspecified atom stereocenters. The van der Waals surface area contributed by atoms with E-state index in [-0.39, 0.29) is 11.5 Å². The van der Waals surface area contributed by atoms with Crippen molar-refractivity contribution in [2.24, 2.45) is 0 Å². The van der Waals surface area contributed by atoms with Crippen LogP contribution in [0.25, 0.3) is 10.9 Å². The smallest absolute Gasteiger partial charge is 0.277 e. The lowest BCUT2D eigenvalue weighted by Crippen LogP contribution is -3.11. The second kappa shape index (κ2) is 9.73. The van der Waals surface area contributed by atoms with Gasteiger partial charge in [-0.2, -0.15) is 0 Å². The molecule has 1 aliphatic rings. The first-order valence-corrected chi connectivity index (χ1v) is 10.3. The summed E-state index contributed by atoms with van der Waals surface area (Å²) in [4.78, 5) is 35.8. The molecule has 0 spiro atoms. The molecule has 1 amide bonds. The number of hydrogen-bond acceptors (Lipinski definition) is 5. The number of ether oxygens (including phenoxy) is 2. The average molecular weight is 404 g/mol. The molecule has 1 aromatic carbocycles. The number of nitrogens with one attached hydrogen (secondary N) is 2. The Morgan fingerprint density at radius 2 is 1.79 bits per heavy atom. The number of likely N-dealkylation sites (N-methyl/N-ethyl adjacent to an activating group) is 1. The van der Waals surface area contributed by atoms with Gasteiger partial charge in [-0.1, -0.05) is 12.8 Å². The fraction of sp³-hybridized carbons (Fsp3) is 0.571. The topological polar surface area (TPSA) is 89.0 Å². The number of aromatic nitrogens is 2. The van der Waals surface area contributed by atoms with Gasteiger partial charge in [0, 0.05) is 19.2 Å². The van der Waals surface area contributed by atoms with Crippen molar-refractivity contribution in [1.82, 2.24) is 14.9 Å². The van der Waals surface area contributed by atoms with E-state index in [1.165, 1.54) is 20.0 Å². The zero-order valence-electron chi connectivity index (χ0n) is 17.5. The number of fused-ring (bicyclic) bond motifs is 1. The van der Waals surface area contributed by atoms with Crippen molar-refractivity contribution in [2.75, 3.05) is 40.4 Å². The Kier molecular flexibility index (Phi) is 7.09. The Bertz CT molecular complexity index is 903. The van der Waals surface area contributed by atoms with Crippen LogP contribution in [0.15, 0.2) is 16.9 Å². The molecule has 158 valence electrons. The monoisotopic (exact) mass is 403 g/mol. The number of likely N-dealkylation sites (tertiary alicyclic amines) is 1. The van der Waals surface area contributed by atoms with Gasteiger partial charge in [-0.05, 0) is 25.8 Å². The molecule has 0 radical (unpaired) electrons. The summed E-state index contributed by atoms with van der Waals surface area (Å²) in [6, 6.07) is 3.35. The van der Waals surface area contributed by atoms with Crippen molar-refractivity contribution in [3.8, 4) is 11.5 Å². The summed E-state index contributed by atoms with van der Waals surface area (Å²) >= 11 is 0. The Labute approximate surface area is 170 Å². The SMILES string of the molecule is CC[NH+](CC(=O)N1CCCCCC1)Cc1nc2cc(OC)c(OC)cc2c(=O)[nH]1. The highest BCUT2D eigenvalue weighted by Crippen LogP contribution is 2.29. The maximum absolute atomic E-state index is 12.7. The molecule has 8 nitrogen and oxygen atoms in total. The molecule has 1 aliphatic heterocycles. The predicted molar refractivity (Wildman–Crippen MR) is 111 cm³/mol. The third-order valence-corrected chi connectivity index (χ3v) is 5.54. The van der Waals surface area contributed by atoms with Crippen molar-refractivity contribution >= 4 is 16.8 Å². The van der Waals surface area contributed by atoms with Crippen LogP contribution in [0, 0.1) is 0 Å². The molecule has 2 N–H and O–H groups in total. The van der Waals surface area contributed by atoms with E-state index in [0.29, 0.717) is 41.3 Å². The summed E-state index contributed by atoms with van der Waals surface area (Å²) in [5.74, 6) is 1.76. The van der Waals surface area contributed by atoms with Crippen LogP contribution in [0.2, 0.25) is 0 Å². The van der Waals surface area contributed by atoms with E-state index in [4.69, 9.17) is 9.47 Å². The van der Waals surface area contributed by atoms with Crippen molar-refractivity contribution < 1.29 is 19.2 Å². The van der Waals surface area contributed by atoms with E-state index in [1.807, 2.05) is 11.8 Å². The summed E-state index contributed by atoms with van der Waals surface area (Å²) in [5, 5.41) is 0.449. The molecule has 0 aliphatic carbocycles. The highest BCUT2D eigenvalue weighted by Gasteiger charge is 2.21. The van der Waals surface area contributed by atoms with Gasteiger partial charge in [-0.25, -0.2) is 4.98 Å². The number of aromatic amines is 1. The van der Waals surface area contributed by atoms with Gasteiger partial charge in [0.2, 0.25) is 0 Å². The number of carbonyl (C=O) groups is 1. The fourth-order valence-electron chi connectivity index (χ4n) is 3.79. The minimum Gasteiger partial charge on any atom is -0.493 e. The standard InChI is InChI=1S/C21H30N4O4/c1-4-24(14-20(26)25-9-7-5-6-8-10-25)13-19-22-16-12-18(29-3)17(28-2)11-15(16)21(27)23-19/h11-12H,4-10,13-14H2,1-3H3,(H,22,23,27)/p+1. The first-order valence-electron chi connectivity index (χ1n) is 10.3. The summed E-state index contributed by atoms with van der Waals surface area (Å²) in [6.07, 6.45) is 4.56. The molecule has 2 heterocycles. The van der Waals surface area contributed by atoms with Crippen molar-refractivity contribution in [3.05, 3.63) is 28.3 Å². The lowest BCUT2D eigenvalue weighted by Gasteiger charge is -2.23. The number of hydrogen-bond donors (Lipinski definition) is 2. The number of quaternary nitrogens is 1. The second-order valence-electron chi connectivity index (χ2n) is 7.49. The van der Waals surface area contributed by atoms with Gasteiger partial charge < -0.3 is 24.3 Å². The Morgan fingerprint density at radius 1 is 1.14 bits per heavy atom. The van der Waals surface area contributed by atoms with Crippen molar-refractivity contribution in [3.63, 3.8) is 0 Å². The van der Waals surface area contributed by atoms with Gasteiger partial charge in [-0.3, -0.25) is 9.59 Å². The number of nitrogens with zero attached hydrogens (tertiary/aromatic N) is 2. The van der Waals surface area contributed by atoms with E-state index in [2.05, 4.69) is 9.97 Å². The molecule has 0 bridgehead atoms. The number of rotatable bonds is 7. The first kappa shape index (κ1) is 21.1. The van der Waals surface area contributed by atoms with Crippen LogP contribution < -0.4 is 19.9 Å².